The Morgan fingerprint density at radius 1 is 1.77 bits per heavy atom. The molecule has 1 fully saturated rings. The van der Waals surface area contributed by atoms with Crippen molar-refractivity contribution in [1.29, 1.82) is 5.26 Å². The highest BCUT2D eigenvalue weighted by atomic mass is 32.2. The number of rotatable bonds is 1. The number of ether oxygens (including phenoxy) is 1. The molecule has 0 amide bonds. The van der Waals surface area contributed by atoms with Crippen molar-refractivity contribution in [2.24, 2.45) is 0 Å². The molecular formula is C8H9NO2S2. The third-order valence-electron chi connectivity index (χ3n) is 1.46. The summed E-state index contributed by atoms with van der Waals surface area (Å²) in [6.45, 7) is 2.07. The molecule has 0 spiro atoms. The maximum atomic E-state index is 11.1. The van der Waals surface area contributed by atoms with Gasteiger partial charge < -0.3 is 4.74 Å². The van der Waals surface area contributed by atoms with Crippen LogP contribution in [0.3, 0.4) is 0 Å². The van der Waals surface area contributed by atoms with Crippen molar-refractivity contribution in [3.8, 4) is 6.07 Å². The second-order valence-corrected chi connectivity index (χ2v) is 5.24. The molecule has 1 rings (SSSR count). The van der Waals surface area contributed by atoms with E-state index in [9.17, 15) is 4.79 Å². The van der Waals surface area contributed by atoms with Crippen LogP contribution in [0.15, 0.2) is 9.81 Å². The summed E-state index contributed by atoms with van der Waals surface area (Å²) in [5, 5.41) is 9.20. The van der Waals surface area contributed by atoms with Crippen LogP contribution in [0, 0.1) is 11.3 Å². The lowest BCUT2D eigenvalue weighted by atomic mass is 10.3. The highest BCUT2D eigenvalue weighted by Crippen LogP contribution is 2.43. The van der Waals surface area contributed by atoms with Crippen LogP contribution >= 0.6 is 23.5 Å². The maximum Gasteiger partial charge on any atom is 0.350 e. The van der Waals surface area contributed by atoms with Crippen LogP contribution in [0.25, 0.3) is 0 Å². The molecule has 3 nitrogen and oxygen atoms in total. The molecule has 70 valence electrons. The third kappa shape index (κ3) is 2.42. The monoisotopic (exact) mass is 215 g/mol. The zero-order chi connectivity index (χ0) is 9.84. The van der Waals surface area contributed by atoms with E-state index in [1.807, 2.05) is 6.07 Å². The lowest BCUT2D eigenvalue weighted by Crippen LogP contribution is -2.03. The minimum absolute atomic E-state index is 0.141. The van der Waals surface area contributed by atoms with E-state index in [-0.39, 0.29) is 5.57 Å². The van der Waals surface area contributed by atoms with Gasteiger partial charge in [0.05, 0.1) is 11.3 Å². The van der Waals surface area contributed by atoms with Gasteiger partial charge in [0, 0.05) is 11.0 Å². The van der Waals surface area contributed by atoms with E-state index >= 15 is 0 Å². The molecule has 0 radical (unpaired) electrons. The number of methoxy groups -OCH3 is 1. The van der Waals surface area contributed by atoms with E-state index in [2.05, 4.69) is 11.7 Å². The molecule has 1 aliphatic rings. The topological polar surface area (TPSA) is 50.1 Å². The van der Waals surface area contributed by atoms with Gasteiger partial charge in [0.15, 0.2) is 5.57 Å². The van der Waals surface area contributed by atoms with Crippen LogP contribution in [0.2, 0.25) is 0 Å². The zero-order valence-electron chi connectivity index (χ0n) is 7.36. The molecule has 1 heterocycles. The van der Waals surface area contributed by atoms with E-state index in [0.717, 1.165) is 9.99 Å². The van der Waals surface area contributed by atoms with Gasteiger partial charge in [0.2, 0.25) is 0 Å². The first kappa shape index (κ1) is 10.5. The van der Waals surface area contributed by atoms with Crippen molar-refractivity contribution < 1.29 is 9.53 Å². The first-order valence-corrected chi connectivity index (χ1v) is 5.57. The molecule has 13 heavy (non-hydrogen) atoms. The first-order chi connectivity index (χ1) is 6.19. The molecule has 0 aliphatic carbocycles. The molecule has 0 bridgehead atoms. The molecule has 0 saturated carbocycles. The van der Waals surface area contributed by atoms with Gasteiger partial charge in [-0.15, -0.1) is 23.5 Å². The quantitative estimate of drug-likeness (QED) is 0.379. The van der Waals surface area contributed by atoms with Crippen LogP contribution in [0.5, 0.6) is 0 Å². The van der Waals surface area contributed by atoms with Crippen LogP contribution in [0.1, 0.15) is 6.92 Å². The summed E-state index contributed by atoms with van der Waals surface area (Å²) in [6.07, 6.45) is 0. The van der Waals surface area contributed by atoms with E-state index in [0.29, 0.717) is 5.25 Å². The molecule has 0 aromatic rings. The Labute approximate surface area is 85.5 Å². The van der Waals surface area contributed by atoms with Gasteiger partial charge in [0.1, 0.15) is 6.07 Å². The Morgan fingerprint density at radius 2 is 2.46 bits per heavy atom. The summed E-state index contributed by atoms with van der Waals surface area (Å²) in [6, 6.07) is 1.88. The molecule has 0 aromatic heterocycles. The lowest BCUT2D eigenvalue weighted by Gasteiger charge is -1.99. The molecule has 0 N–H and O–H groups in total. The van der Waals surface area contributed by atoms with Crippen LogP contribution < -0.4 is 0 Å². The number of esters is 1. The average Bonchev–Trinajstić information content (AvgIpc) is 2.53. The second kappa shape index (κ2) is 4.58. The molecule has 1 saturated heterocycles. The predicted octanol–water partition coefficient (Wildman–Crippen LogP) is 1.76. The molecule has 1 aliphatic heterocycles. The Kier molecular flexibility index (Phi) is 3.70. The maximum absolute atomic E-state index is 11.1. The van der Waals surface area contributed by atoms with E-state index in [1.54, 1.807) is 23.5 Å². The fraction of sp³-hybridized carbons (Fsp3) is 0.500. The number of nitrogens with zero attached hydrogens (tertiary/aromatic N) is 1. The van der Waals surface area contributed by atoms with E-state index in [1.165, 1.54) is 7.11 Å². The summed E-state index contributed by atoms with van der Waals surface area (Å²) >= 11 is 3.11. The summed E-state index contributed by atoms with van der Waals surface area (Å²) in [7, 11) is 1.29. The van der Waals surface area contributed by atoms with Crippen molar-refractivity contribution >= 4 is 29.5 Å². The number of hydrogen-bond acceptors (Lipinski definition) is 5. The van der Waals surface area contributed by atoms with Gasteiger partial charge in [-0.05, 0) is 0 Å². The van der Waals surface area contributed by atoms with Gasteiger partial charge in [0.25, 0.3) is 0 Å². The van der Waals surface area contributed by atoms with Crippen LogP contribution in [0.4, 0.5) is 0 Å². The minimum Gasteiger partial charge on any atom is -0.465 e. The highest BCUT2D eigenvalue weighted by molar-refractivity contribution is 8.25. The highest BCUT2D eigenvalue weighted by Gasteiger charge is 2.24. The average molecular weight is 215 g/mol. The lowest BCUT2D eigenvalue weighted by molar-refractivity contribution is -0.135. The van der Waals surface area contributed by atoms with Crippen LogP contribution in [-0.2, 0) is 9.53 Å². The van der Waals surface area contributed by atoms with Crippen molar-refractivity contribution in [2.45, 2.75) is 12.2 Å². The fourth-order valence-electron chi connectivity index (χ4n) is 0.852. The molecule has 1 unspecified atom stereocenters. The van der Waals surface area contributed by atoms with E-state index in [4.69, 9.17) is 5.26 Å². The van der Waals surface area contributed by atoms with Gasteiger partial charge in [-0.25, -0.2) is 4.79 Å². The Hall–Kier alpha value is -0.600. The largest absolute Gasteiger partial charge is 0.465 e. The van der Waals surface area contributed by atoms with Crippen molar-refractivity contribution in [3.05, 3.63) is 9.81 Å². The number of carbonyl (C=O) groups is 1. The van der Waals surface area contributed by atoms with Crippen molar-refractivity contribution in [2.75, 3.05) is 12.9 Å². The van der Waals surface area contributed by atoms with Gasteiger partial charge in [-0.1, -0.05) is 6.92 Å². The number of nitriles is 1. The van der Waals surface area contributed by atoms with Gasteiger partial charge in [-0.2, -0.15) is 5.26 Å². The Bertz CT molecular complexity index is 293. The Balaban J connectivity index is 2.88. The van der Waals surface area contributed by atoms with Crippen LogP contribution in [-0.4, -0.2) is 24.1 Å². The number of carbonyl (C=O) groups excluding carboxylic acids is 1. The molecule has 1 atom stereocenters. The summed E-state index contributed by atoms with van der Waals surface area (Å²) in [5.41, 5.74) is 0.141. The molecule has 0 aromatic carbocycles. The standard InChI is InChI=1S/C8H9NO2S2/c1-5-4-12-8(13-5)6(3-9)7(10)11-2/h5H,4H2,1-2H3/b8-6-. The summed E-state index contributed by atoms with van der Waals surface area (Å²) < 4.78 is 5.30. The Morgan fingerprint density at radius 3 is 2.85 bits per heavy atom. The zero-order valence-corrected chi connectivity index (χ0v) is 9.00. The smallest absolute Gasteiger partial charge is 0.350 e. The predicted molar refractivity (Wildman–Crippen MR) is 54.2 cm³/mol. The van der Waals surface area contributed by atoms with Crippen molar-refractivity contribution in [1.82, 2.24) is 0 Å². The number of thioether (sulfide) groups is 2. The van der Waals surface area contributed by atoms with E-state index < -0.39 is 5.97 Å². The van der Waals surface area contributed by atoms with Crippen molar-refractivity contribution in [3.63, 3.8) is 0 Å². The molecular weight excluding hydrogens is 206 g/mol. The third-order valence-corrected chi connectivity index (χ3v) is 4.44. The number of hydrogen-bond donors (Lipinski definition) is 0. The summed E-state index contributed by atoms with van der Waals surface area (Å²) in [4.78, 5) is 11.1. The SMILES string of the molecule is COC(=O)/C(C#N)=C1/SCC(C)S1. The molecule has 5 heteroatoms. The van der Waals surface area contributed by atoms with Gasteiger partial charge in [-0.3, -0.25) is 0 Å². The minimum atomic E-state index is -0.536. The van der Waals surface area contributed by atoms with Gasteiger partial charge >= 0.3 is 5.97 Å². The fourth-order valence-corrected chi connectivity index (χ4v) is 3.57. The summed E-state index contributed by atoms with van der Waals surface area (Å²) in [5.74, 6) is 0.411. The first-order valence-electron chi connectivity index (χ1n) is 3.71. The normalized spacial score (nSPS) is 25.2. The second-order valence-electron chi connectivity index (χ2n) is 2.51.